The molecule has 0 saturated heterocycles. The van der Waals surface area contributed by atoms with Crippen molar-refractivity contribution >= 4 is 17.3 Å². The van der Waals surface area contributed by atoms with Crippen molar-refractivity contribution in [1.29, 1.82) is 0 Å². The van der Waals surface area contributed by atoms with E-state index in [1.54, 1.807) is 0 Å². The molecule has 116 valence electrons. The number of aromatic amines is 1. The van der Waals surface area contributed by atoms with Crippen LogP contribution in [0.2, 0.25) is 0 Å². The lowest BCUT2D eigenvalue weighted by Gasteiger charge is -2.17. The van der Waals surface area contributed by atoms with Gasteiger partial charge in [0.25, 0.3) is 0 Å². The number of H-pyrrole nitrogens is 1. The Morgan fingerprint density at radius 1 is 1.32 bits per heavy atom. The van der Waals surface area contributed by atoms with Crippen LogP contribution in [0.1, 0.15) is 35.0 Å². The largest absolute Gasteiger partial charge is 0.416 e. The Morgan fingerprint density at radius 3 is 2.82 bits per heavy atom. The number of benzene rings is 1. The van der Waals surface area contributed by atoms with E-state index in [1.165, 1.54) is 12.1 Å². The third kappa shape index (κ3) is 2.70. The predicted molar refractivity (Wildman–Crippen MR) is 75.1 cm³/mol. The van der Waals surface area contributed by atoms with Gasteiger partial charge in [-0.25, -0.2) is 0 Å². The number of nitrogens with zero attached hydrogens (tertiary/aromatic N) is 1. The van der Waals surface area contributed by atoms with Gasteiger partial charge < -0.3 is 5.32 Å². The summed E-state index contributed by atoms with van der Waals surface area (Å²) in [4.78, 5) is 12.1. The van der Waals surface area contributed by atoms with Crippen LogP contribution in [0.4, 0.5) is 24.7 Å². The van der Waals surface area contributed by atoms with Crippen molar-refractivity contribution in [3.8, 4) is 0 Å². The van der Waals surface area contributed by atoms with Crippen LogP contribution in [0, 0.1) is 5.92 Å². The van der Waals surface area contributed by atoms with E-state index in [-0.39, 0.29) is 23.2 Å². The molecule has 1 heterocycles. The molecule has 2 N–H and O–H groups in total. The van der Waals surface area contributed by atoms with E-state index in [0.717, 1.165) is 17.8 Å². The number of Topliss-reactive ketones (excluding diaryl/α,β-unsaturated/α-hetero) is 1. The molecule has 0 radical (unpaired) electrons. The van der Waals surface area contributed by atoms with E-state index in [1.807, 2.05) is 6.92 Å². The van der Waals surface area contributed by atoms with E-state index in [9.17, 15) is 18.0 Å². The predicted octanol–water partition coefficient (Wildman–Crippen LogP) is 3.94. The number of carbonyl (C=O) groups is 1. The maximum atomic E-state index is 12.7. The Bertz CT molecular complexity index is 721. The van der Waals surface area contributed by atoms with Crippen molar-refractivity contribution < 1.29 is 18.0 Å². The van der Waals surface area contributed by atoms with E-state index < -0.39 is 11.7 Å². The minimum atomic E-state index is -4.41. The number of hydrogen-bond donors (Lipinski definition) is 2. The maximum absolute atomic E-state index is 12.7. The fourth-order valence-corrected chi connectivity index (χ4v) is 2.67. The number of fused-ring (bicyclic) bond motifs is 1. The molecule has 1 aliphatic carbocycles. The molecule has 22 heavy (non-hydrogen) atoms. The summed E-state index contributed by atoms with van der Waals surface area (Å²) in [6, 6.07) is 4.81. The van der Waals surface area contributed by atoms with Crippen LogP contribution >= 0.6 is 0 Å². The van der Waals surface area contributed by atoms with Gasteiger partial charge in [-0.05, 0) is 30.5 Å². The van der Waals surface area contributed by atoms with Crippen molar-refractivity contribution in [2.24, 2.45) is 5.92 Å². The molecule has 2 aromatic rings. The number of hydrogen-bond acceptors (Lipinski definition) is 3. The summed E-state index contributed by atoms with van der Waals surface area (Å²) in [7, 11) is 0. The van der Waals surface area contributed by atoms with Gasteiger partial charge in [-0.1, -0.05) is 13.0 Å². The third-order valence-electron chi connectivity index (χ3n) is 3.66. The molecular weight excluding hydrogens is 295 g/mol. The highest BCUT2D eigenvalue weighted by Gasteiger charge is 2.31. The van der Waals surface area contributed by atoms with Gasteiger partial charge in [-0.3, -0.25) is 9.89 Å². The quantitative estimate of drug-likeness (QED) is 0.883. The summed E-state index contributed by atoms with van der Waals surface area (Å²) < 4.78 is 38.2. The third-order valence-corrected chi connectivity index (χ3v) is 3.66. The lowest BCUT2D eigenvalue weighted by Crippen LogP contribution is -2.17. The number of halogens is 3. The highest BCUT2D eigenvalue weighted by Crippen LogP contribution is 2.33. The molecule has 4 nitrogen and oxygen atoms in total. The number of anilines is 2. The van der Waals surface area contributed by atoms with Crippen LogP contribution in [0.25, 0.3) is 0 Å². The van der Waals surface area contributed by atoms with Gasteiger partial charge in [0.15, 0.2) is 11.6 Å². The van der Waals surface area contributed by atoms with Crippen molar-refractivity contribution in [3.63, 3.8) is 0 Å². The summed E-state index contributed by atoms with van der Waals surface area (Å²) in [5.41, 5.74) is 0.686. The second kappa shape index (κ2) is 5.15. The van der Waals surface area contributed by atoms with Crippen LogP contribution in [0.5, 0.6) is 0 Å². The van der Waals surface area contributed by atoms with Gasteiger partial charge in [0, 0.05) is 17.8 Å². The van der Waals surface area contributed by atoms with Crippen LogP contribution in [-0.2, 0) is 12.6 Å². The summed E-state index contributed by atoms with van der Waals surface area (Å²) >= 11 is 0. The molecule has 0 bridgehead atoms. The lowest BCUT2D eigenvalue weighted by molar-refractivity contribution is -0.137. The molecule has 0 aliphatic heterocycles. The van der Waals surface area contributed by atoms with Gasteiger partial charge in [-0.2, -0.15) is 18.3 Å². The number of nitrogens with one attached hydrogen (secondary N) is 2. The van der Waals surface area contributed by atoms with Crippen LogP contribution in [0.15, 0.2) is 24.3 Å². The zero-order valence-corrected chi connectivity index (χ0v) is 11.8. The molecule has 1 aromatic carbocycles. The number of rotatable bonds is 2. The lowest BCUT2D eigenvalue weighted by atomic mass is 9.88. The molecule has 0 fully saturated rings. The number of carbonyl (C=O) groups excluding carboxylic acids is 1. The number of alkyl halides is 3. The first kappa shape index (κ1) is 14.6. The molecule has 1 atom stereocenters. The summed E-state index contributed by atoms with van der Waals surface area (Å²) in [6.45, 7) is 1.97. The van der Waals surface area contributed by atoms with Crippen LogP contribution < -0.4 is 5.32 Å². The van der Waals surface area contributed by atoms with Crippen molar-refractivity contribution in [2.75, 3.05) is 5.32 Å². The first-order valence-electron chi connectivity index (χ1n) is 6.89. The number of ketones is 1. The number of aromatic nitrogens is 2. The summed E-state index contributed by atoms with van der Waals surface area (Å²) in [5.74, 6) is 0.477. The molecule has 0 amide bonds. The van der Waals surface area contributed by atoms with Gasteiger partial charge in [0.1, 0.15) is 0 Å². The van der Waals surface area contributed by atoms with Crippen LogP contribution in [-0.4, -0.2) is 16.0 Å². The molecule has 0 spiro atoms. The van der Waals surface area contributed by atoms with E-state index in [4.69, 9.17) is 0 Å². The first-order chi connectivity index (χ1) is 10.3. The standard InChI is InChI=1S/C15H14F3N3O/c1-8-5-11-13(12(22)6-8)14(21-20-11)19-10-4-2-3-9(7-10)15(16,17)18/h2-4,7-8H,5-6H2,1H3,(H2,19,20,21). The van der Waals surface area contributed by atoms with Crippen molar-refractivity contribution in [2.45, 2.75) is 25.9 Å². The SMILES string of the molecule is CC1CC(=O)c2c(Nc3cccc(C(F)(F)F)c3)n[nH]c2C1. The van der Waals surface area contributed by atoms with Gasteiger partial charge in [0.05, 0.1) is 11.1 Å². The van der Waals surface area contributed by atoms with E-state index >= 15 is 0 Å². The zero-order valence-electron chi connectivity index (χ0n) is 11.8. The summed E-state index contributed by atoms with van der Waals surface area (Å²) in [5, 5.41) is 9.63. The molecule has 1 aromatic heterocycles. The Labute approximate surface area is 124 Å². The monoisotopic (exact) mass is 309 g/mol. The average molecular weight is 309 g/mol. The minimum Gasteiger partial charge on any atom is -0.338 e. The zero-order chi connectivity index (χ0) is 15.9. The second-order valence-electron chi connectivity index (χ2n) is 5.57. The molecule has 0 saturated carbocycles. The van der Waals surface area contributed by atoms with Gasteiger partial charge in [0.2, 0.25) is 0 Å². The fourth-order valence-electron chi connectivity index (χ4n) is 2.67. The average Bonchev–Trinajstić information content (AvgIpc) is 2.81. The summed E-state index contributed by atoms with van der Waals surface area (Å²) in [6.07, 6.45) is -3.28. The Kier molecular flexibility index (Phi) is 3.42. The van der Waals surface area contributed by atoms with E-state index in [0.29, 0.717) is 18.4 Å². The molecule has 7 heteroatoms. The smallest absolute Gasteiger partial charge is 0.338 e. The maximum Gasteiger partial charge on any atom is 0.416 e. The van der Waals surface area contributed by atoms with Gasteiger partial charge >= 0.3 is 6.18 Å². The Hall–Kier alpha value is -2.31. The molecule has 1 unspecified atom stereocenters. The molecule has 3 rings (SSSR count). The van der Waals surface area contributed by atoms with Crippen LogP contribution in [0.3, 0.4) is 0 Å². The second-order valence-corrected chi connectivity index (χ2v) is 5.57. The Balaban J connectivity index is 1.91. The first-order valence-corrected chi connectivity index (χ1v) is 6.89. The Morgan fingerprint density at radius 2 is 2.09 bits per heavy atom. The van der Waals surface area contributed by atoms with E-state index in [2.05, 4.69) is 15.5 Å². The minimum absolute atomic E-state index is 0.0445. The normalized spacial score (nSPS) is 18.2. The topological polar surface area (TPSA) is 57.8 Å². The fraction of sp³-hybridized carbons (Fsp3) is 0.333. The highest BCUT2D eigenvalue weighted by atomic mass is 19.4. The van der Waals surface area contributed by atoms with Gasteiger partial charge in [-0.15, -0.1) is 0 Å². The van der Waals surface area contributed by atoms with Crippen molar-refractivity contribution in [3.05, 3.63) is 41.1 Å². The van der Waals surface area contributed by atoms with Crippen molar-refractivity contribution in [1.82, 2.24) is 10.2 Å². The highest BCUT2D eigenvalue weighted by molar-refractivity contribution is 6.03. The molecule has 1 aliphatic rings. The molecular formula is C15H14F3N3O.